The average molecular weight is 360 g/mol. The summed E-state index contributed by atoms with van der Waals surface area (Å²) >= 11 is 0. The van der Waals surface area contributed by atoms with Crippen molar-refractivity contribution in [2.45, 2.75) is 122 Å². The van der Waals surface area contributed by atoms with E-state index in [2.05, 4.69) is 6.92 Å². The van der Waals surface area contributed by atoms with Gasteiger partial charge in [0.15, 0.2) is 0 Å². The van der Waals surface area contributed by atoms with Crippen molar-refractivity contribution in [3.8, 4) is 0 Å². The van der Waals surface area contributed by atoms with E-state index in [1.165, 1.54) is 135 Å². The summed E-state index contributed by atoms with van der Waals surface area (Å²) in [7, 11) is 0. The fraction of sp³-hybridized carbons (Fsp3) is 1.00. The highest BCUT2D eigenvalue weighted by molar-refractivity contribution is 4.50. The van der Waals surface area contributed by atoms with E-state index in [0.29, 0.717) is 0 Å². The molecular formula is C22H46ClN. The Kier molecular flexibility index (Phi) is 19.8. The Hall–Kier alpha value is 0.250. The second kappa shape index (κ2) is 19.6. The van der Waals surface area contributed by atoms with Crippen LogP contribution in [0.15, 0.2) is 0 Å². The van der Waals surface area contributed by atoms with Gasteiger partial charge in [0, 0.05) is 12.8 Å². The van der Waals surface area contributed by atoms with E-state index < -0.39 is 0 Å². The molecule has 1 saturated heterocycles. The molecule has 0 spiro atoms. The number of nitrogens with one attached hydrogen (secondary N) is 1. The first-order valence-electron chi connectivity index (χ1n) is 11.3. The molecule has 1 fully saturated rings. The van der Waals surface area contributed by atoms with E-state index in [4.69, 9.17) is 0 Å². The Balaban J connectivity index is 0.00000529. The highest BCUT2D eigenvalue weighted by atomic mass is 35.5. The van der Waals surface area contributed by atoms with Crippen molar-refractivity contribution in [3.05, 3.63) is 0 Å². The van der Waals surface area contributed by atoms with Crippen molar-refractivity contribution in [2.24, 2.45) is 0 Å². The normalized spacial score (nSPS) is 14.9. The molecular weight excluding hydrogens is 314 g/mol. The lowest BCUT2D eigenvalue weighted by atomic mass is 10.0. The first kappa shape index (κ1) is 24.2. The maximum atomic E-state index is 2.30. The van der Waals surface area contributed by atoms with Crippen molar-refractivity contribution in [1.29, 1.82) is 0 Å². The minimum Gasteiger partial charge on any atom is -1.00 e. The summed E-state index contributed by atoms with van der Waals surface area (Å²) in [5, 5.41) is 0. The molecule has 0 radical (unpaired) electrons. The highest BCUT2D eigenvalue weighted by Gasteiger charge is 2.13. The van der Waals surface area contributed by atoms with Crippen LogP contribution in [-0.4, -0.2) is 19.6 Å². The average Bonchev–Trinajstić information content (AvgIpc) is 3.08. The number of hydrogen-bond acceptors (Lipinski definition) is 0. The molecule has 0 atom stereocenters. The molecule has 0 aliphatic carbocycles. The molecule has 0 aromatic heterocycles. The molecule has 0 unspecified atom stereocenters. The fourth-order valence-corrected chi connectivity index (χ4v) is 4.05. The summed E-state index contributed by atoms with van der Waals surface area (Å²) in [4.78, 5) is 1.88. The molecule has 0 aromatic rings. The van der Waals surface area contributed by atoms with Crippen LogP contribution in [0.3, 0.4) is 0 Å². The van der Waals surface area contributed by atoms with Gasteiger partial charge >= 0.3 is 0 Å². The van der Waals surface area contributed by atoms with Gasteiger partial charge in [0.05, 0.1) is 19.6 Å². The van der Waals surface area contributed by atoms with Crippen LogP contribution in [-0.2, 0) is 0 Å². The maximum absolute atomic E-state index is 2.30. The van der Waals surface area contributed by atoms with Crippen LogP contribution in [0.25, 0.3) is 0 Å². The number of likely N-dealkylation sites (tertiary alicyclic amines) is 1. The molecule has 0 amide bonds. The fourth-order valence-electron chi connectivity index (χ4n) is 4.05. The molecule has 1 nitrogen and oxygen atoms in total. The van der Waals surface area contributed by atoms with Crippen LogP contribution >= 0.6 is 0 Å². The standard InChI is InChI=1S/C22H45N.ClH/c1-2-3-4-5-6-7-8-9-10-11-12-13-14-15-16-17-20-23-21-18-19-22-23;/h2-22H2,1H3;1H. The van der Waals surface area contributed by atoms with Crippen molar-refractivity contribution in [1.82, 2.24) is 0 Å². The van der Waals surface area contributed by atoms with E-state index in [1.54, 1.807) is 0 Å². The van der Waals surface area contributed by atoms with Gasteiger partial charge in [-0.2, -0.15) is 0 Å². The van der Waals surface area contributed by atoms with Crippen LogP contribution in [0.1, 0.15) is 122 Å². The lowest BCUT2D eigenvalue weighted by molar-refractivity contribution is -0.887. The summed E-state index contributed by atoms with van der Waals surface area (Å²) in [5.74, 6) is 0. The second-order valence-electron chi connectivity index (χ2n) is 8.01. The van der Waals surface area contributed by atoms with Crippen molar-refractivity contribution in [3.63, 3.8) is 0 Å². The first-order chi connectivity index (χ1) is 11.4. The van der Waals surface area contributed by atoms with Gasteiger partial charge in [-0.1, -0.05) is 96.8 Å². The minimum atomic E-state index is 0. The zero-order valence-corrected chi connectivity index (χ0v) is 17.5. The van der Waals surface area contributed by atoms with Gasteiger partial charge in [0.25, 0.3) is 0 Å². The molecule has 2 heteroatoms. The van der Waals surface area contributed by atoms with E-state index in [1.807, 2.05) is 4.90 Å². The Morgan fingerprint density at radius 2 is 0.833 bits per heavy atom. The highest BCUT2D eigenvalue weighted by Crippen LogP contribution is 2.13. The predicted molar refractivity (Wildman–Crippen MR) is 104 cm³/mol. The second-order valence-corrected chi connectivity index (χ2v) is 8.01. The summed E-state index contributed by atoms with van der Waals surface area (Å²) in [5.41, 5.74) is 0. The van der Waals surface area contributed by atoms with Crippen LogP contribution in [0.5, 0.6) is 0 Å². The van der Waals surface area contributed by atoms with Crippen LogP contribution in [0, 0.1) is 0 Å². The van der Waals surface area contributed by atoms with Gasteiger partial charge in [-0.25, -0.2) is 0 Å². The van der Waals surface area contributed by atoms with E-state index in [-0.39, 0.29) is 12.4 Å². The summed E-state index contributed by atoms with van der Waals surface area (Å²) in [6.45, 7) is 6.67. The topological polar surface area (TPSA) is 4.44 Å². The third-order valence-corrected chi connectivity index (χ3v) is 5.69. The molecule has 1 aliphatic rings. The number of halogens is 1. The molecule has 0 saturated carbocycles. The molecule has 24 heavy (non-hydrogen) atoms. The third-order valence-electron chi connectivity index (χ3n) is 5.69. The zero-order valence-electron chi connectivity index (χ0n) is 16.7. The Morgan fingerprint density at radius 3 is 1.21 bits per heavy atom. The van der Waals surface area contributed by atoms with Gasteiger partial charge < -0.3 is 17.3 Å². The smallest absolute Gasteiger partial charge is 0.0773 e. The largest absolute Gasteiger partial charge is 1.00 e. The SMILES string of the molecule is CCCCCCCCCCCCCCCCCC[NH+]1CCCC1.[Cl-]. The molecule has 146 valence electrons. The molecule has 1 N–H and O–H groups in total. The van der Waals surface area contributed by atoms with Crippen molar-refractivity contribution < 1.29 is 17.3 Å². The van der Waals surface area contributed by atoms with E-state index in [0.717, 1.165) is 0 Å². The van der Waals surface area contributed by atoms with Crippen molar-refractivity contribution >= 4 is 0 Å². The maximum Gasteiger partial charge on any atom is 0.0773 e. The monoisotopic (exact) mass is 359 g/mol. The predicted octanol–water partition coefficient (Wildman–Crippen LogP) is 2.93. The van der Waals surface area contributed by atoms with Gasteiger partial charge in [-0.05, 0) is 12.8 Å². The number of hydrogen-bond donors (Lipinski definition) is 1. The van der Waals surface area contributed by atoms with E-state index in [9.17, 15) is 0 Å². The number of unbranched alkanes of at least 4 members (excludes halogenated alkanes) is 15. The zero-order chi connectivity index (χ0) is 16.4. The van der Waals surface area contributed by atoms with Gasteiger partial charge in [-0.15, -0.1) is 0 Å². The van der Waals surface area contributed by atoms with Gasteiger partial charge in [0.1, 0.15) is 0 Å². The Bertz CT molecular complexity index is 226. The quantitative estimate of drug-likeness (QED) is 0.381. The summed E-state index contributed by atoms with van der Waals surface area (Å²) in [6.07, 6.45) is 26.6. The summed E-state index contributed by atoms with van der Waals surface area (Å²) in [6, 6.07) is 0. The Labute approximate surface area is 159 Å². The molecule has 1 aliphatic heterocycles. The van der Waals surface area contributed by atoms with Crippen LogP contribution in [0.2, 0.25) is 0 Å². The first-order valence-corrected chi connectivity index (χ1v) is 11.3. The van der Waals surface area contributed by atoms with E-state index >= 15 is 0 Å². The third kappa shape index (κ3) is 15.8. The molecule has 1 rings (SSSR count). The number of quaternary nitrogens is 1. The minimum absolute atomic E-state index is 0. The van der Waals surface area contributed by atoms with Crippen LogP contribution < -0.4 is 17.3 Å². The van der Waals surface area contributed by atoms with Crippen molar-refractivity contribution in [2.75, 3.05) is 19.6 Å². The summed E-state index contributed by atoms with van der Waals surface area (Å²) < 4.78 is 0. The molecule has 0 aromatic carbocycles. The molecule has 1 heterocycles. The van der Waals surface area contributed by atoms with Crippen LogP contribution in [0.4, 0.5) is 0 Å². The number of rotatable bonds is 17. The van der Waals surface area contributed by atoms with Gasteiger partial charge in [0.2, 0.25) is 0 Å². The lowest BCUT2D eigenvalue weighted by Crippen LogP contribution is -3.09. The lowest BCUT2D eigenvalue weighted by Gasteiger charge is -2.11. The molecule has 0 bridgehead atoms. The Morgan fingerprint density at radius 1 is 0.500 bits per heavy atom. The van der Waals surface area contributed by atoms with Gasteiger partial charge in [-0.3, -0.25) is 0 Å².